The molecule has 0 aromatic heterocycles. The van der Waals surface area contributed by atoms with Crippen LogP contribution in [0.15, 0.2) is 119 Å². The van der Waals surface area contributed by atoms with E-state index in [2.05, 4.69) is 5.32 Å². The largest absolute Gasteiger partial charge is 0.496 e. The zero-order chi connectivity index (χ0) is 57.9. The van der Waals surface area contributed by atoms with E-state index >= 15 is 0 Å². The highest BCUT2D eigenvalue weighted by atomic mass is 35.7. The predicted molar refractivity (Wildman–Crippen MR) is 311 cm³/mol. The number of benzene rings is 6. The van der Waals surface area contributed by atoms with Gasteiger partial charge in [0.15, 0.2) is 0 Å². The van der Waals surface area contributed by atoms with Gasteiger partial charge in [0.05, 0.1) is 43.8 Å². The minimum Gasteiger partial charge on any atom is -0.496 e. The Morgan fingerprint density at radius 3 is 1.34 bits per heavy atom. The summed E-state index contributed by atoms with van der Waals surface area (Å²) in [7, 11) is 4.17. The molecule has 0 saturated carbocycles. The molecule has 6 aromatic carbocycles. The fourth-order valence-electron chi connectivity index (χ4n) is 9.41. The van der Waals surface area contributed by atoms with Gasteiger partial charge in [-0.1, -0.05) is 60.7 Å². The molecule has 0 spiro atoms. The van der Waals surface area contributed by atoms with Crippen molar-refractivity contribution in [1.82, 2.24) is 19.4 Å². The van der Waals surface area contributed by atoms with Gasteiger partial charge in [0.1, 0.15) is 34.2 Å². The topological polar surface area (TPSA) is 180 Å². The molecule has 0 aliphatic carbocycles. The summed E-state index contributed by atoms with van der Waals surface area (Å²) in [6.45, 7) is 18.1. The first-order valence-electron chi connectivity index (χ1n) is 26.3. The van der Waals surface area contributed by atoms with E-state index in [-0.39, 0.29) is 34.6 Å². The SMILES string of the molecule is COc1cc(C)cc(OC)c1CN(C1CCN(C(=O)OC(C)(C)C)CC1)S(=O)(=O)c1ccc2ccccc2c1.COc1cc(C)cc(OC)c1CNC1CCN(C(=O)OC(C)(C)C)CC1.O=S(=O)(Cl)c1ccc2ccccc2c1. The van der Waals surface area contributed by atoms with Crippen molar-refractivity contribution in [3.8, 4) is 23.0 Å². The maximum Gasteiger partial charge on any atom is 0.410 e. The third-order valence-corrected chi connectivity index (χ3v) is 16.6. The molecule has 2 aliphatic rings. The van der Waals surface area contributed by atoms with Gasteiger partial charge in [-0.25, -0.2) is 26.4 Å². The molecule has 16 nitrogen and oxygen atoms in total. The predicted octanol–water partition coefficient (Wildman–Crippen LogP) is 12.0. The van der Waals surface area contributed by atoms with Crippen molar-refractivity contribution in [1.29, 1.82) is 0 Å². The number of aryl methyl sites for hydroxylation is 2. The molecule has 0 atom stereocenters. The lowest BCUT2D eigenvalue weighted by atomic mass is 10.0. The molecule has 79 heavy (non-hydrogen) atoms. The highest BCUT2D eigenvalue weighted by molar-refractivity contribution is 8.13. The number of piperidine rings is 2. The van der Waals surface area contributed by atoms with Gasteiger partial charge in [-0.15, -0.1) is 0 Å². The van der Waals surface area contributed by atoms with Gasteiger partial charge in [-0.3, -0.25) is 0 Å². The molecule has 6 aromatic rings. The summed E-state index contributed by atoms with van der Waals surface area (Å²) >= 11 is 0. The number of carbonyl (C=O) groups excluding carboxylic acids is 2. The number of amides is 2. The standard InChI is InChI=1S/C30H38N2O6S.C20H32N2O4.C10H7ClO2S/c1-21-17-27(36-5)26(28(18-21)37-6)20-32(24-13-15-31(16-14-24)29(33)38-30(2,3)4)39(34,35)25-12-11-22-9-7-8-10-23(22)19-25;1-14-11-17(24-5)16(18(12-14)25-6)13-21-15-7-9-22(10-8-15)19(23)26-20(2,3)4;11-14(12,13)10-6-5-8-3-1-2-4-9(8)7-10/h7-12,17-19,24H,13-16,20H2,1-6H3;11-12,15,21H,7-10,13H2,1-6H3;1-7H. The Bertz CT molecular complexity index is 3240. The number of nitrogens with one attached hydrogen (secondary N) is 1. The average Bonchev–Trinajstić information content (AvgIpc) is 3.51. The molecule has 2 saturated heterocycles. The quantitative estimate of drug-likeness (QED) is 0.108. The summed E-state index contributed by atoms with van der Waals surface area (Å²) in [4.78, 5) is 28.6. The maximum atomic E-state index is 14.3. The second-order valence-electron chi connectivity index (χ2n) is 21.6. The first-order valence-corrected chi connectivity index (χ1v) is 30.0. The van der Waals surface area contributed by atoms with Crippen LogP contribution in [0, 0.1) is 13.8 Å². The summed E-state index contributed by atoms with van der Waals surface area (Å²) in [6, 6.07) is 33.0. The summed E-state index contributed by atoms with van der Waals surface area (Å²) in [5.41, 5.74) is 2.68. The fourth-order valence-corrected chi connectivity index (χ4v) is 11.9. The number of ether oxygens (including phenoxy) is 6. The third kappa shape index (κ3) is 17.1. The van der Waals surface area contributed by atoms with Crippen LogP contribution in [0.1, 0.15) is 89.5 Å². The van der Waals surface area contributed by atoms with E-state index in [1.54, 1.807) is 66.8 Å². The molecule has 0 bridgehead atoms. The number of sulfonamides is 1. The average molecular weight is 1150 g/mol. The first-order chi connectivity index (χ1) is 37.2. The molecule has 2 aliphatic heterocycles. The number of nitrogens with zero attached hydrogens (tertiary/aromatic N) is 3. The zero-order valence-electron chi connectivity index (χ0n) is 47.6. The molecule has 2 fully saturated rings. The van der Waals surface area contributed by atoms with E-state index in [0.717, 1.165) is 62.6 Å². The van der Waals surface area contributed by atoms with Crippen LogP contribution in [0.2, 0.25) is 0 Å². The molecular weight excluding hydrogens is 1070 g/mol. The van der Waals surface area contributed by atoms with Gasteiger partial charge in [-0.2, -0.15) is 4.31 Å². The van der Waals surface area contributed by atoms with Crippen molar-refractivity contribution >= 4 is 63.5 Å². The van der Waals surface area contributed by atoms with Crippen molar-refractivity contribution in [2.45, 2.75) is 127 Å². The second-order valence-corrected chi connectivity index (χ2v) is 26.1. The third-order valence-electron chi connectivity index (χ3n) is 13.4. The molecule has 19 heteroatoms. The molecule has 0 radical (unpaired) electrons. The van der Waals surface area contributed by atoms with E-state index in [0.29, 0.717) is 68.7 Å². The Morgan fingerprint density at radius 1 is 0.557 bits per heavy atom. The number of halogens is 1. The van der Waals surface area contributed by atoms with Gasteiger partial charge in [0.25, 0.3) is 9.05 Å². The Morgan fingerprint density at radius 2 is 0.937 bits per heavy atom. The number of carbonyl (C=O) groups is 2. The Labute approximate surface area is 471 Å². The number of hydrogen-bond acceptors (Lipinski definition) is 13. The highest BCUT2D eigenvalue weighted by Gasteiger charge is 2.37. The minimum absolute atomic E-state index is 0.0683. The van der Waals surface area contributed by atoms with Crippen molar-refractivity contribution < 1.29 is 54.8 Å². The van der Waals surface area contributed by atoms with Gasteiger partial charge < -0.3 is 43.5 Å². The normalized spacial score (nSPS) is 14.7. The van der Waals surface area contributed by atoms with Crippen LogP contribution in [0.5, 0.6) is 23.0 Å². The van der Waals surface area contributed by atoms with Crippen LogP contribution < -0.4 is 24.3 Å². The molecule has 1 N–H and O–H groups in total. The summed E-state index contributed by atoms with van der Waals surface area (Å²) < 4.78 is 85.5. The monoisotopic (exact) mass is 1140 g/mol. The van der Waals surface area contributed by atoms with E-state index in [1.165, 1.54) is 6.07 Å². The number of likely N-dealkylation sites (tertiary alicyclic amines) is 2. The van der Waals surface area contributed by atoms with Crippen molar-refractivity contribution in [3.05, 3.63) is 131 Å². The smallest absolute Gasteiger partial charge is 0.410 e. The lowest BCUT2D eigenvalue weighted by Gasteiger charge is -2.38. The number of rotatable bonds is 13. The van der Waals surface area contributed by atoms with Crippen LogP contribution in [0.3, 0.4) is 0 Å². The van der Waals surface area contributed by atoms with Crippen molar-refractivity contribution in [2.24, 2.45) is 0 Å². The van der Waals surface area contributed by atoms with Gasteiger partial charge >= 0.3 is 12.2 Å². The number of hydrogen-bond donors (Lipinski definition) is 1. The molecule has 2 amide bonds. The minimum atomic E-state index is -3.93. The van der Waals surface area contributed by atoms with Crippen molar-refractivity contribution in [3.63, 3.8) is 0 Å². The summed E-state index contributed by atoms with van der Waals surface area (Å²) in [5.74, 6) is 2.80. The summed E-state index contributed by atoms with van der Waals surface area (Å²) in [6.07, 6.45) is 2.14. The van der Waals surface area contributed by atoms with Crippen LogP contribution in [0.25, 0.3) is 21.5 Å². The van der Waals surface area contributed by atoms with E-state index in [9.17, 15) is 26.4 Å². The van der Waals surface area contributed by atoms with Crippen LogP contribution in [-0.4, -0.2) is 121 Å². The maximum absolute atomic E-state index is 14.3. The second kappa shape index (κ2) is 26.8. The van der Waals surface area contributed by atoms with E-state index in [1.807, 2.05) is 134 Å². The van der Waals surface area contributed by atoms with Crippen LogP contribution >= 0.6 is 10.7 Å². The zero-order valence-corrected chi connectivity index (χ0v) is 49.9. The lowest BCUT2D eigenvalue weighted by molar-refractivity contribution is 0.0171. The van der Waals surface area contributed by atoms with Crippen molar-refractivity contribution in [2.75, 3.05) is 54.6 Å². The van der Waals surface area contributed by atoms with Gasteiger partial charge in [0.2, 0.25) is 10.0 Å². The fraction of sp³-hybridized carbons (Fsp3) is 0.433. The molecular formula is C60H77ClN4O12S2. The number of methoxy groups -OCH3 is 4. The van der Waals surface area contributed by atoms with E-state index in [4.69, 9.17) is 39.1 Å². The van der Waals surface area contributed by atoms with E-state index < -0.39 is 30.3 Å². The van der Waals surface area contributed by atoms with Gasteiger partial charge in [-0.05, 0) is 162 Å². The number of fused-ring (bicyclic) bond motifs is 2. The molecule has 2 heterocycles. The first kappa shape index (κ1) is 61.9. The molecule has 0 unspecified atom stereocenters. The highest BCUT2D eigenvalue weighted by Crippen LogP contribution is 2.37. The lowest BCUT2D eigenvalue weighted by Crippen LogP contribution is -2.49. The molecule has 428 valence electrons. The van der Waals surface area contributed by atoms with Crippen LogP contribution in [0.4, 0.5) is 9.59 Å². The molecule has 8 rings (SSSR count). The van der Waals surface area contributed by atoms with Gasteiger partial charge in [0, 0.05) is 67.6 Å². The summed E-state index contributed by atoms with van der Waals surface area (Å²) in [5, 5.41) is 7.26. The Kier molecular flexibility index (Phi) is 21.0. The van der Waals surface area contributed by atoms with Crippen LogP contribution in [-0.2, 0) is 41.6 Å². The Balaban J connectivity index is 0.000000215. The Hall–Kier alpha value is -6.31.